The number of likely N-dealkylation sites (tertiary alicyclic amines) is 1. The van der Waals surface area contributed by atoms with Crippen molar-refractivity contribution in [3.05, 3.63) is 35.9 Å². The maximum absolute atomic E-state index is 12.4. The van der Waals surface area contributed by atoms with E-state index in [1.165, 1.54) is 5.56 Å². The lowest BCUT2D eigenvalue weighted by Gasteiger charge is -2.33. The Kier molecular flexibility index (Phi) is 5.86. The predicted octanol–water partition coefficient (Wildman–Crippen LogP) is 1.86. The Labute approximate surface area is 143 Å². The van der Waals surface area contributed by atoms with Crippen molar-refractivity contribution in [3.63, 3.8) is 0 Å². The molecule has 2 aliphatic heterocycles. The van der Waals surface area contributed by atoms with E-state index in [1.807, 2.05) is 28.0 Å². The first-order chi connectivity index (χ1) is 11.7. The molecule has 5 heteroatoms. The van der Waals surface area contributed by atoms with E-state index in [0.29, 0.717) is 39.1 Å². The fourth-order valence-corrected chi connectivity index (χ4v) is 3.42. The number of carbonyl (C=O) groups is 2. The molecule has 24 heavy (non-hydrogen) atoms. The smallest absolute Gasteiger partial charge is 0.224 e. The van der Waals surface area contributed by atoms with Crippen molar-refractivity contribution >= 4 is 11.8 Å². The lowest BCUT2D eigenvalue weighted by atomic mass is 10.1. The first-order valence-corrected chi connectivity index (χ1v) is 8.93. The third-order valence-electron chi connectivity index (χ3n) is 4.86. The van der Waals surface area contributed by atoms with Gasteiger partial charge in [0.25, 0.3) is 0 Å². The van der Waals surface area contributed by atoms with Crippen molar-refractivity contribution in [1.82, 2.24) is 9.80 Å². The molecule has 0 radical (unpaired) electrons. The summed E-state index contributed by atoms with van der Waals surface area (Å²) in [5, 5.41) is 0. The summed E-state index contributed by atoms with van der Waals surface area (Å²) >= 11 is 0. The van der Waals surface area contributed by atoms with Gasteiger partial charge in [0.1, 0.15) is 0 Å². The molecule has 0 aromatic heterocycles. The van der Waals surface area contributed by atoms with E-state index in [2.05, 4.69) is 12.1 Å². The van der Waals surface area contributed by atoms with Gasteiger partial charge < -0.3 is 14.5 Å². The molecule has 1 aromatic rings. The molecule has 2 heterocycles. The van der Waals surface area contributed by atoms with Crippen LogP contribution in [0.3, 0.4) is 0 Å². The van der Waals surface area contributed by atoms with Crippen LogP contribution in [0.4, 0.5) is 0 Å². The van der Waals surface area contributed by atoms with Gasteiger partial charge in [-0.05, 0) is 24.8 Å². The molecule has 130 valence electrons. The van der Waals surface area contributed by atoms with Gasteiger partial charge in [-0.1, -0.05) is 30.3 Å². The van der Waals surface area contributed by atoms with Crippen LogP contribution in [-0.4, -0.2) is 60.5 Å². The molecule has 5 nitrogen and oxygen atoms in total. The van der Waals surface area contributed by atoms with Gasteiger partial charge >= 0.3 is 0 Å². The van der Waals surface area contributed by atoms with Crippen molar-refractivity contribution in [2.45, 2.75) is 38.2 Å². The topological polar surface area (TPSA) is 49.9 Å². The zero-order chi connectivity index (χ0) is 16.8. The minimum atomic E-state index is 0.108. The summed E-state index contributed by atoms with van der Waals surface area (Å²) in [6, 6.07) is 10.4. The van der Waals surface area contributed by atoms with Gasteiger partial charge in [-0.15, -0.1) is 0 Å². The minimum absolute atomic E-state index is 0.108. The molecule has 2 amide bonds. The van der Waals surface area contributed by atoms with Crippen LogP contribution in [-0.2, 0) is 20.7 Å². The second-order valence-electron chi connectivity index (χ2n) is 6.59. The van der Waals surface area contributed by atoms with Crippen molar-refractivity contribution in [2.24, 2.45) is 0 Å². The monoisotopic (exact) mass is 330 g/mol. The van der Waals surface area contributed by atoms with Crippen LogP contribution in [0.1, 0.15) is 31.2 Å². The molecule has 2 fully saturated rings. The number of rotatable bonds is 6. The first-order valence-electron chi connectivity index (χ1n) is 8.93. The van der Waals surface area contributed by atoms with Crippen LogP contribution >= 0.6 is 0 Å². The van der Waals surface area contributed by atoms with E-state index >= 15 is 0 Å². The average molecular weight is 330 g/mol. The summed E-state index contributed by atoms with van der Waals surface area (Å²) in [5.41, 5.74) is 1.30. The molecule has 3 rings (SSSR count). The molecule has 0 saturated carbocycles. The fourth-order valence-electron chi connectivity index (χ4n) is 3.42. The van der Waals surface area contributed by atoms with Gasteiger partial charge in [-0.25, -0.2) is 0 Å². The molecule has 0 N–H and O–H groups in total. The maximum atomic E-state index is 12.4. The second kappa shape index (κ2) is 8.29. The van der Waals surface area contributed by atoms with Gasteiger partial charge in [-0.2, -0.15) is 0 Å². The molecular formula is C19H26N2O3. The zero-order valence-corrected chi connectivity index (χ0v) is 14.2. The van der Waals surface area contributed by atoms with Crippen LogP contribution in [0, 0.1) is 0 Å². The van der Waals surface area contributed by atoms with Gasteiger partial charge in [0.15, 0.2) is 0 Å². The molecule has 0 spiro atoms. The Bertz CT molecular complexity index is 561. The highest BCUT2D eigenvalue weighted by Crippen LogP contribution is 2.15. The highest BCUT2D eigenvalue weighted by atomic mass is 16.5. The van der Waals surface area contributed by atoms with E-state index in [0.717, 1.165) is 25.8 Å². The Morgan fingerprint density at radius 1 is 1.21 bits per heavy atom. The number of hydrogen-bond donors (Lipinski definition) is 0. The largest absolute Gasteiger partial charge is 0.375 e. The van der Waals surface area contributed by atoms with Crippen LogP contribution in [0.15, 0.2) is 30.3 Å². The summed E-state index contributed by atoms with van der Waals surface area (Å²) in [5.74, 6) is 0.327. The maximum Gasteiger partial charge on any atom is 0.224 e. The van der Waals surface area contributed by atoms with Crippen LogP contribution in [0.25, 0.3) is 0 Å². The van der Waals surface area contributed by atoms with Crippen molar-refractivity contribution in [2.75, 3.05) is 32.8 Å². The lowest BCUT2D eigenvalue weighted by molar-refractivity contribution is -0.139. The highest BCUT2D eigenvalue weighted by molar-refractivity contribution is 5.80. The number of benzene rings is 1. The number of carbonyl (C=O) groups excluding carboxylic acids is 2. The zero-order valence-electron chi connectivity index (χ0n) is 14.2. The third kappa shape index (κ3) is 4.57. The SMILES string of the molecule is O=C1CCCN1CCC(=O)N1CCO[C@H](CCc2ccccc2)C1. The van der Waals surface area contributed by atoms with Gasteiger partial charge in [-0.3, -0.25) is 9.59 Å². The molecule has 0 unspecified atom stereocenters. The van der Waals surface area contributed by atoms with E-state index in [9.17, 15) is 9.59 Å². The molecular weight excluding hydrogens is 304 g/mol. The van der Waals surface area contributed by atoms with E-state index < -0.39 is 0 Å². The van der Waals surface area contributed by atoms with Gasteiger partial charge in [0.05, 0.1) is 12.7 Å². The summed E-state index contributed by atoms with van der Waals surface area (Å²) < 4.78 is 5.82. The van der Waals surface area contributed by atoms with E-state index in [-0.39, 0.29) is 17.9 Å². The molecule has 0 bridgehead atoms. The minimum Gasteiger partial charge on any atom is -0.375 e. The number of nitrogens with zero attached hydrogens (tertiary/aromatic N) is 2. The normalized spacial score (nSPS) is 21.3. The Morgan fingerprint density at radius 2 is 2.04 bits per heavy atom. The average Bonchev–Trinajstić information content (AvgIpc) is 3.04. The Hall–Kier alpha value is -1.88. The van der Waals surface area contributed by atoms with Crippen molar-refractivity contribution in [3.8, 4) is 0 Å². The molecule has 2 aliphatic rings. The van der Waals surface area contributed by atoms with Crippen LogP contribution < -0.4 is 0 Å². The number of hydrogen-bond acceptors (Lipinski definition) is 3. The molecule has 2 saturated heterocycles. The predicted molar refractivity (Wildman–Crippen MR) is 91.5 cm³/mol. The quantitative estimate of drug-likeness (QED) is 0.800. The fraction of sp³-hybridized carbons (Fsp3) is 0.579. The summed E-state index contributed by atoms with van der Waals surface area (Å²) in [4.78, 5) is 27.7. The summed E-state index contributed by atoms with van der Waals surface area (Å²) in [7, 11) is 0. The van der Waals surface area contributed by atoms with E-state index in [1.54, 1.807) is 0 Å². The Morgan fingerprint density at radius 3 is 2.79 bits per heavy atom. The summed E-state index contributed by atoms with van der Waals surface area (Å²) in [6.45, 7) is 3.29. The molecule has 0 aliphatic carbocycles. The summed E-state index contributed by atoms with van der Waals surface area (Å²) in [6.07, 6.45) is 3.99. The standard InChI is InChI=1S/C19H26N2O3/c22-18-7-4-11-20(18)12-10-19(23)21-13-14-24-17(15-21)9-8-16-5-2-1-3-6-16/h1-3,5-6,17H,4,7-15H2/t17-/m1/s1. The van der Waals surface area contributed by atoms with Gasteiger partial charge in [0, 0.05) is 39.0 Å². The number of ether oxygens (including phenoxy) is 1. The number of amides is 2. The van der Waals surface area contributed by atoms with E-state index in [4.69, 9.17) is 4.74 Å². The second-order valence-corrected chi connectivity index (χ2v) is 6.59. The van der Waals surface area contributed by atoms with Gasteiger partial charge in [0.2, 0.25) is 11.8 Å². The third-order valence-corrected chi connectivity index (χ3v) is 4.86. The van der Waals surface area contributed by atoms with Crippen LogP contribution in [0.2, 0.25) is 0 Å². The first kappa shape index (κ1) is 17.0. The Balaban J connectivity index is 1.42. The van der Waals surface area contributed by atoms with Crippen molar-refractivity contribution < 1.29 is 14.3 Å². The molecule has 1 aromatic carbocycles. The molecule has 1 atom stereocenters. The highest BCUT2D eigenvalue weighted by Gasteiger charge is 2.26. The van der Waals surface area contributed by atoms with Crippen molar-refractivity contribution in [1.29, 1.82) is 0 Å². The number of aryl methyl sites for hydroxylation is 1. The number of morpholine rings is 1. The van der Waals surface area contributed by atoms with Crippen LogP contribution in [0.5, 0.6) is 0 Å². The lowest BCUT2D eigenvalue weighted by Crippen LogP contribution is -2.46.